The summed E-state index contributed by atoms with van der Waals surface area (Å²) in [4.78, 5) is 11.5. The van der Waals surface area contributed by atoms with Gasteiger partial charge in [0.1, 0.15) is 0 Å². The van der Waals surface area contributed by atoms with E-state index < -0.39 is 0 Å². The maximum Gasteiger partial charge on any atom is 0.337 e. The molecule has 1 N–H and O–H groups in total. The van der Waals surface area contributed by atoms with Crippen LogP contribution in [0.2, 0.25) is 0 Å². The second-order valence-corrected chi connectivity index (χ2v) is 5.00. The maximum absolute atomic E-state index is 11.5. The molecule has 18 heavy (non-hydrogen) atoms. The summed E-state index contributed by atoms with van der Waals surface area (Å²) in [5.41, 5.74) is 1.62. The zero-order chi connectivity index (χ0) is 13.0. The zero-order valence-corrected chi connectivity index (χ0v) is 11.1. The van der Waals surface area contributed by atoms with Gasteiger partial charge >= 0.3 is 5.97 Å². The van der Waals surface area contributed by atoms with Crippen molar-refractivity contribution in [2.45, 2.75) is 38.6 Å². The highest BCUT2D eigenvalue weighted by molar-refractivity contribution is 5.90. The fourth-order valence-electron chi connectivity index (χ4n) is 2.67. The van der Waals surface area contributed by atoms with Crippen LogP contribution < -0.4 is 5.32 Å². The van der Waals surface area contributed by atoms with Crippen LogP contribution in [0.4, 0.5) is 5.69 Å². The minimum atomic E-state index is -0.281. The van der Waals surface area contributed by atoms with Crippen LogP contribution in [0.3, 0.4) is 0 Å². The van der Waals surface area contributed by atoms with E-state index in [2.05, 4.69) is 12.2 Å². The van der Waals surface area contributed by atoms with Gasteiger partial charge in [0.25, 0.3) is 0 Å². The van der Waals surface area contributed by atoms with E-state index in [4.69, 9.17) is 4.74 Å². The molecular weight excluding hydrogens is 226 g/mol. The summed E-state index contributed by atoms with van der Waals surface area (Å²) in [6.45, 7) is 2.25. The predicted molar refractivity (Wildman–Crippen MR) is 72.8 cm³/mol. The SMILES string of the molecule is CCC1CCC(Nc2cccc(C(=O)OC)c2)C1. The fraction of sp³-hybridized carbons (Fsp3) is 0.533. The molecule has 0 spiro atoms. The van der Waals surface area contributed by atoms with Crippen molar-refractivity contribution in [3.8, 4) is 0 Å². The molecule has 3 nitrogen and oxygen atoms in total. The van der Waals surface area contributed by atoms with Gasteiger partial charge in [-0.15, -0.1) is 0 Å². The predicted octanol–water partition coefficient (Wildman–Crippen LogP) is 3.46. The smallest absolute Gasteiger partial charge is 0.337 e. The van der Waals surface area contributed by atoms with Gasteiger partial charge in [-0.1, -0.05) is 19.4 Å². The highest BCUT2D eigenvalue weighted by Crippen LogP contribution is 2.30. The Bertz CT molecular complexity index is 417. The number of ether oxygens (including phenoxy) is 1. The van der Waals surface area contributed by atoms with Crippen LogP contribution in [0.5, 0.6) is 0 Å². The molecule has 0 aliphatic heterocycles. The summed E-state index contributed by atoms with van der Waals surface area (Å²) < 4.78 is 4.73. The van der Waals surface area contributed by atoms with Gasteiger partial charge in [-0.05, 0) is 43.4 Å². The van der Waals surface area contributed by atoms with Crippen LogP contribution in [0, 0.1) is 5.92 Å². The van der Waals surface area contributed by atoms with Crippen LogP contribution in [-0.2, 0) is 4.74 Å². The van der Waals surface area contributed by atoms with Crippen molar-refractivity contribution in [2.75, 3.05) is 12.4 Å². The molecule has 1 aromatic rings. The molecule has 0 saturated heterocycles. The number of hydrogen-bond acceptors (Lipinski definition) is 3. The third-order valence-electron chi connectivity index (χ3n) is 3.77. The van der Waals surface area contributed by atoms with Crippen molar-refractivity contribution in [1.29, 1.82) is 0 Å². The molecule has 3 heteroatoms. The maximum atomic E-state index is 11.5. The Balaban J connectivity index is 1.99. The Labute approximate surface area is 109 Å². The second-order valence-electron chi connectivity index (χ2n) is 5.00. The normalized spacial score (nSPS) is 22.8. The molecule has 0 heterocycles. The Kier molecular flexibility index (Phi) is 4.24. The van der Waals surface area contributed by atoms with Crippen molar-refractivity contribution < 1.29 is 9.53 Å². The van der Waals surface area contributed by atoms with E-state index in [-0.39, 0.29) is 5.97 Å². The van der Waals surface area contributed by atoms with Crippen LogP contribution in [-0.4, -0.2) is 19.1 Å². The van der Waals surface area contributed by atoms with Gasteiger partial charge < -0.3 is 10.1 Å². The van der Waals surface area contributed by atoms with Crippen molar-refractivity contribution in [3.63, 3.8) is 0 Å². The second kappa shape index (κ2) is 5.89. The molecule has 98 valence electrons. The van der Waals surface area contributed by atoms with Gasteiger partial charge in [-0.25, -0.2) is 4.79 Å². The first kappa shape index (κ1) is 12.9. The van der Waals surface area contributed by atoms with Gasteiger partial charge in [0.2, 0.25) is 0 Å². The molecule has 1 saturated carbocycles. The first-order chi connectivity index (χ1) is 8.72. The van der Waals surface area contributed by atoms with E-state index in [0.717, 1.165) is 11.6 Å². The fourth-order valence-corrected chi connectivity index (χ4v) is 2.67. The highest BCUT2D eigenvalue weighted by atomic mass is 16.5. The number of nitrogens with one attached hydrogen (secondary N) is 1. The minimum absolute atomic E-state index is 0.281. The molecule has 0 amide bonds. The molecule has 0 radical (unpaired) electrons. The van der Waals surface area contributed by atoms with Crippen molar-refractivity contribution in [3.05, 3.63) is 29.8 Å². The molecule has 2 atom stereocenters. The Morgan fingerprint density at radius 3 is 2.94 bits per heavy atom. The highest BCUT2D eigenvalue weighted by Gasteiger charge is 2.23. The van der Waals surface area contributed by atoms with Gasteiger partial charge in [-0.3, -0.25) is 0 Å². The van der Waals surface area contributed by atoms with E-state index in [1.807, 2.05) is 18.2 Å². The number of esters is 1. The summed E-state index contributed by atoms with van der Waals surface area (Å²) in [7, 11) is 1.41. The number of benzene rings is 1. The number of rotatable bonds is 4. The first-order valence-corrected chi connectivity index (χ1v) is 6.67. The molecule has 2 rings (SSSR count). The van der Waals surface area contributed by atoms with E-state index >= 15 is 0 Å². The number of hydrogen-bond donors (Lipinski definition) is 1. The Morgan fingerprint density at radius 1 is 1.44 bits per heavy atom. The van der Waals surface area contributed by atoms with E-state index in [9.17, 15) is 4.79 Å². The summed E-state index contributed by atoms with van der Waals surface area (Å²) in [5, 5.41) is 3.52. The quantitative estimate of drug-likeness (QED) is 0.828. The molecular formula is C15H21NO2. The molecule has 1 aromatic carbocycles. The topological polar surface area (TPSA) is 38.3 Å². The number of methoxy groups -OCH3 is 1. The van der Waals surface area contributed by atoms with E-state index in [1.54, 1.807) is 6.07 Å². The third-order valence-corrected chi connectivity index (χ3v) is 3.77. The van der Waals surface area contributed by atoms with Gasteiger partial charge in [0.05, 0.1) is 12.7 Å². The lowest BCUT2D eigenvalue weighted by atomic mass is 10.1. The van der Waals surface area contributed by atoms with Crippen molar-refractivity contribution in [1.82, 2.24) is 0 Å². The zero-order valence-electron chi connectivity index (χ0n) is 11.1. The lowest BCUT2D eigenvalue weighted by Crippen LogP contribution is -2.15. The molecule has 0 aromatic heterocycles. The largest absolute Gasteiger partial charge is 0.465 e. The van der Waals surface area contributed by atoms with Crippen LogP contribution in [0.1, 0.15) is 43.0 Å². The minimum Gasteiger partial charge on any atom is -0.465 e. The lowest BCUT2D eigenvalue weighted by Gasteiger charge is -2.15. The van der Waals surface area contributed by atoms with Crippen LogP contribution in [0.25, 0.3) is 0 Å². The first-order valence-electron chi connectivity index (χ1n) is 6.67. The number of carbonyl (C=O) groups excluding carboxylic acids is 1. The van der Waals surface area contributed by atoms with Crippen LogP contribution >= 0.6 is 0 Å². The summed E-state index contributed by atoms with van der Waals surface area (Å²) in [5.74, 6) is 0.572. The summed E-state index contributed by atoms with van der Waals surface area (Å²) >= 11 is 0. The standard InChI is InChI=1S/C15H21NO2/c1-3-11-7-8-14(9-11)16-13-6-4-5-12(10-13)15(17)18-2/h4-6,10-11,14,16H,3,7-9H2,1-2H3. The van der Waals surface area contributed by atoms with Crippen LogP contribution in [0.15, 0.2) is 24.3 Å². The van der Waals surface area contributed by atoms with Gasteiger partial charge in [0, 0.05) is 11.7 Å². The average molecular weight is 247 g/mol. The molecule has 1 fully saturated rings. The molecule has 0 bridgehead atoms. The van der Waals surface area contributed by atoms with Gasteiger partial charge in [-0.2, -0.15) is 0 Å². The average Bonchev–Trinajstić information content (AvgIpc) is 2.86. The van der Waals surface area contributed by atoms with E-state index in [0.29, 0.717) is 11.6 Å². The Hall–Kier alpha value is -1.51. The van der Waals surface area contributed by atoms with Crippen molar-refractivity contribution in [2.24, 2.45) is 5.92 Å². The number of carbonyl (C=O) groups is 1. The number of anilines is 1. The molecule has 2 unspecified atom stereocenters. The monoisotopic (exact) mass is 247 g/mol. The third kappa shape index (κ3) is 3.03. The Morgan fingerprint density at radius 2 is 2.28 bits per heavy atom. The molecule has 1 aliphatic carbocycles. The molecule has 1 aliphatic rings. The van der Waals surface area contributed by atoms with E-state index in [1.165, 1.54) is 32.8 Å². The lowest BCUT2D eigenvalue weighted by molar-refractivity contribution is 0.0601. The summed E-state index contributed by atoms with van der Waals surface area (Å²) in [6.07, 6.45) is 5.03. The summed E-state index contributed by atoms with van der Waals surface area (Å²) in [6, 6.07) is 8.08. The van der Waals surface area contributed by atoms with Gasteiger partial charge in [0.15, 0.2) is 0 Å². The van der Waals surface area contributed by atoms with Crippen molar-refractivity contribution >= 4 is 11.7 Å².